The third-order valence-corrected chi connectivity index (χ3v) is 3.37. The fourth-order valence-electron chi connectivity index (χ4n) is 1.98. The molecule has 1 heterocycles. The number of rotatable bonds is 4. The topological polar surface area (TPSA) is 85.3 Å². The van der Waals surface area contributed by atoms with Crippen molar-refractivity contribution in [2.45, 2.75) is 18.6 Å². The maximum Gasteiger partial charge on any atom is 0.416 e. The van der Waals surface area contributed by atoms with Crippen LogP contribution in [0.3, 0.4) is 0 Å². The van der Waals surface area contributed by atoms with E-state index in [1.807, 2.05) is 0 Å². The summed E-state index contributed by atoms with van der Waals surface area (Å²) in [6, 6.07) is 6.86. The second-order valence-corrected chi connectivity index (χ2v) is 5.00. The van der Waals surface area contributed by atoms with Gasteiger partial charge in [0.05, 0.1) is 11.8 Å². The molecule has 1 aromatic heterocycles. The SMILES string of the molecule is C[C@](NC(=O)c1ccco1)(C(N)=O)c1cccc(C(F)(F)F)c1. The number of nitrogens with one attached hydrogen (secondary N) is 1. The van der Waals surface area contributed by atoms with Crippen molar-refractivity contribution in [3.05, 3.63) is 59.5 Å². The van der Waals surface area contributed by atoms with E-state index in [4.69, 9.17) is 10.2 Å². The van der Waals surface area contributed by atoms with Crippen molar-refractivity contribution in [3.63, 3.8) is 0 Å². The van der Waals surface area contributed by atoms with Crippen LogP contribution in [0.25, 0.3) is 0 Å². The Kier molecular flexibility index (Phi) is 4.18. The van der Waals surface area contributed by atoms with Crippen LogP contribution >= 0.6 is 0 Å². The Morgan fingerprint density at radius 2 is 1.78 bits per heavy atom. The van der Waals surface area contributed by atoms with Crippen molar-refractivity contribution in [2.24, 2.45) is 5.73 Å². The Morgan fingerprint density at radius 3 is 2.30 bits per heavy atom. The molecule has 0 saturated carbocycles. The summed E-state index contributed by atoms with van der Waals surface area (Å²) in [7, 11) is 0. The summed E-state index contributed by atoms with van der Waals surface area (Å²) in [5.74, 6) is -1.87. The molecule has 0 unspecified atom stereocenters. The third kappa shape index (κ3) is 3.36. The highest BCUT2D eigenvalue weighted by Gasteiger charge is 2.38. The molecular weight excluding hydrogens is 313 g/mol. The minimum absolute atomic E-state index is 0.0836. The van der Waals surface area contributed by atoms with Gasteiger partial charge in [0.25, 0.3) is 5.91 Å². The fourth-order valence-corrected chi connectivity index (χ4v) is 1.98. The van der Waals surface area contributed by atoms with Gasteiger partial charge in [-0.25, -0.2) is 0 Å². The predicted octanol–water partition coefficient (Wildman–Crippen LogP) is 2.43. The van der Waals surface area contributed by atoms with E-state index in [9.17, 15) is 22.8 Å². The highest BCUT2D eigenvalue weighted by atomic mass is 19.4. The predicted molar refractivity (Wildman–Crippen MR) is 74.2 cm³/mol. The molecule has 0 bridgehead atoms. The summed E-state index contributed by atoms with van der Waals surface area (Å²) in [6.07, 6.45) is -3.33. The van der Waals surface area contributed by atoms with Gasteiger partial charge >= 0.3 is 6.18 Å². The summed E-state index contributed by atoms with van der Waals surface area (Å²) < 4.78 is 43.4. The van der Waals surface area contributed by atoms with Crippen LogP contribution in [0.1, 0.15) is 28.6 Å². The number of carbonyl (C=O) groups excluding carboxylic acids is 2. The summed E-state index contributed by atoms with van der Waals surface area (Å²) in [5.41, 5.74) is 2.44. The van der Waals surface area contributed by atoms with E-state index in [1.54, 1.807) is 0 Å². The number of primary amides is 1. The Labute approximate surface area is 129 Å². The van der Waals surface area contributed by atoms with Crippen molar-refractivity contribution >= 4 is 11.8 Å². The molecule has 1 aromatic carbocycles. The van der Waals surface area contributed by atoms with Gasteiger partial charge in [-0.2, -0.15) is 13.2 Å². The zero-order valence-electron chi connectivity index (χ0n) is 12.0. The summed E-state index contributed by atoms with van der Waals surface area (Å²) in [4.78, 5) is 23.8. The van der Waals surface area contributed by atoms with Gasteiger partial charge in [-0.1, -0.05) is 12.1 Å². The normalized spacial score (nSPS) is 14.1. The van der Waals surface area contributed by atoms with Gasteiger partial charge in [-0.15, -0.1) is 0 Å². The summed E-state index contributed by atoms with van der Waals surface area (Å²) in [5, 5.41) is 2.32. The van der Waals surface area contributed by atoms with Gasteiger partial charge in [-0.05, 0) is 36.8 Å². The van der Waals surface area contributed by atoms with Crippen LogP contribution in [0.15, 0.2) is 47.1 Å². The van der Waals surface area contributed by atoms with Gasteiger partial charge in [0, 0.05) is 0 Å². The van der Waals surface area contributed by atoms with Crippen LogP contribution < -0.4 is 11.1 Å². The molecule has 0 aliphatic carbocycles. The zero-order chi connectivity index (χ0) is 17.3. The molecule has 0 saturated heterocycles. The number of carbonyl (C=O) groups is 2. The maximum atomic E-state index is 12.8. The Hall–Kier alpha value is -2.77. The van der Waals surface area contributed by atoms with Crippen molar-refractivity contribution < 1.29 is 27.2 Å². The molecule has 2 aromatic rings. The average molecular weight is 326 g/mol. The molecule has 0 radical (unpaired) electrons. The molecule has 122 valence electrons. The highest BCUT2D eigenvalue weighted by Crippen LogP contribution is 2.32. The number of benzene rings is 1. The first kappa shape index (κ1) is 16.6. The Bertz CT molecular complexity index is 726. The molecule has 0 aliphatic heterocycles. The Balaban J connectivity index is 2.41. The third-order valence-electron chi connectivity index (χ3n) is 3.37. The average Bonchev–Trinajstić information content (AvgIpc) is 3.00. The summed E-state index contributed by atoms with van der Waals surface area (Å²) >= 11 is 0. The lowest BCUT2D eigenvalue weighted by Gasteiger charge is -2.28. The monoisotopic (exact) mass is 326 g/mol. The van der Waals surface area contributed by atoms with E-state index < -0.39 is 29.1 Å². The van der Waals surface area contributed by atoms with Gasteiger partial charge in [0.1, 0.15) is 5.54 Å². The number of nitrogens with two attached hydrogens (primary N) is 1. The standard InChI is InChI=1S/C15H13F3N2O3/c1-14(13(19)22,20-12(21)11-6-3-7-23-11)9-4-2-5-10(8-9)15(16,17)18/h2-8H,1H3,(H2,19,22)(H,20,21)/t14-/m1/s1. The van der Waals surface area contributed by atoms with E-state index in [-0.39, 0.29) is 11.3 Å². The van der Waals surface area contributed by atoms with E-state index in [0.29, 0.717) is 0 Å². The first-order valence-corrected chi connectivity index (χ1v) is 6.48. The molecule has 0 spiro atoms. The lowest BCUT2D eigenvalue weighted by Crippen LogP contribution is -2.52. The van der Waals surface area contributed by atoms with Crippen LogP contribution in [0.5, 0.6) is 0 Å². The number of amides is 2. The molecular formula is C15H13F3N2O3. The Morgan fingerprint density at radius 1 is 1.13 bits per heavy atom. The molecule has 23 heavy (non-hydrogen) atoms. The highest BCUT2D eigenvalue weighted by molar-refractivity contribution is 5.97. The summed E-state index contributed by atoms with van der Waals surface area (Å²) in [6.45, 7) is 1.23. The second-order valence-electron chi connectivity index (χ2n) is 5.00. The van der Waals surface area contributed by atoms with Crippen LogP contribution in [0.2, 0.25) is 0 Å². The molecule has 3 N–H and O–H groups in total. The first-order valence-electron chi connectivity index (χ1n) is 6.48. The minimum Gasteiger partial charge on any atom is -0.459 e. The number of halogens is 3. The van der Waals surface area contributed by atoms with Crippen LogP contribution in [0.4, 0.5) is 13.2 Å². The van der Waals surface area contributed by atoms with E-state index in [1.165, 1.54) is 31.4 Å². The van der Waals surface area contributed by atoms with Crippen molar-refractivity contribution in [1.29, 1.82) is 0 Å². The number of furan rings is 1. The first-order chi connectivity index (χ1) is 10.6. The lowest BCUT2D eigenvalue weighted by molar-refractivity contribution is -0.137. The van der Waals surface area contributed by atoms with Crippen LogP contribution in [-0.4, -0.2) is 11.8 Å². The second kappa shape index (κ2) is 5.79. The van der Waals surface area contributed by atoms with Crippen molar-refractivity contribution in [3.8, 4) is 0 Å². The number of alkyl halides is 3. The molecule has 0 fully saturated rings. The minimum atomic E-state index is -4.58. The van der Waals surface area contributed by atoms with Gasteiger partial charge in [0.15, 0.2) is 5.76 Å². The molecule has 1 atom stereocenters. The quantitative estimate of drug-likeness (QED) is 0.905. The van der Waals surface area contributed by atoms with E-state index in [2.05, 4.69) is 5.32 Å². The fraction of sp³-hybridized carbons (Fsp3) is 0.200. The number of hydrogen-bond acceptors (Lipinski definition) is 3. The lowest BCUT2D eigenvalue weighted by atomic mass is 9.89. The molecule has 2 rings (SSSR count). The molecule has 5 nitrogen and oxygen atoms in total. The smallest absolute Gasteiger partial charge is 0.416 e. The largest absolute Gasteiger partial charge is 0.459 e. The van der Waals surface area contributed by atoms with E-state index in [0.717, 1.165) is 18.2 Å². The molecule has 2 amide bonds. The molecule has 0 aliphatic rings. The number of hydrogen-bond donors (Lipinski definition) is 2. The van der Waals surface area contributed by atoms with Gasteiger partial charge < -0.3 is 15.5 Å². The van der Waals surface area contributed by atoms with Gasteiger partial charge in [0.2, 0.25) is 5.91 Å². The molecule has 8 heteroatoms. The van der Waals surface area contributed by atoms with Crippen LogP contribution in [-0.2, 0) is 16.5 Å². The van der Waals surface area contributed by atoms with Gasteiger partial charge in [-0.3, -0.25) is 9.59 Å². The zero-order valence-corrected chi connectivity index (χ0v) is 12.0. The van der Waals surface area contributed by atoms with E-state index >= 15 is 0 Å². The maximum absolute atomic E-state index is 12.8. The van der Waals surface area contributed by atoms with Crippen molar-refractivity contribution in [1.82, 2.24) is 5.32 Å². The van der Waals surface area contributed by atoms with Crippen molar-refractivity contribution in [2.75, 3.05) is 0 Å². The van der Waals surface area contributed by atoms with Crippen LogP contribution in [0, 0.1) is 0 Å².